The van der Waals surface area contributed by atoms with Crippen molar-refractivity contribution in [1.82, 2.24) is 10.3 Å². The Morgan fingerprint density at radius 3 is 2.37 bits per heavy atom. The van der Waals surface area contributed by atoms with Gasteiger partial charge in [0, 0.05) is 17.2 Å². The fraction of sp³-hybridized carbons (Fsp3) is 0.273. The standard InChI is InChI=1S/C22H22N2O2S/c1-15(16-12-13-16)23-19(25)14-27-22-24-20(17-8-4-2-5-9-17)21(26-22)18-10-6-3-7-11-18/h2-11,15-16H,12-14H2,1H3,(H,23,25). The van der Waals surface area contributed by atoms with Crippen molar-refractivity contribution in [3.63, 3.8) is 0 Å². The lowest BCUT2D eigenvalue weighted by Gasteiger charge is -2.11. The van der Waals surface area contributed by atoms with Gasteiger partial charge in [0.25, 0.3) is 5.22 Å². The number of hydrogen-bond donors (Lipinski definition) is 1. The third-order valence-electron chi connectivity index (χ3n) is 4.74. The van der Waals surface area contributed by atoms with E-state index < -0.39 is 0 Å². The van der Waals surface area contributed by atoms with E-state index in [2.05, 4.69) is 17.2 Å². The van der Waals surface area contributed by atoms with Gasteiger partial charge in [-0.15, -0.1) is 0 Å². The lowest BCUT2D eigenvalue weighted by atomic mass is 10.1. The Bertz CT molecular complexity index is 848. The van der Waals surface area contributed by atoms with Crippen molar-refractivity contribution < 1.29 is 9.21 Å². The zero-order valence-electron chi connectivity index (χ0n) is 15.2. The number of oxazole rings is 1. The van der Waals surface area contributed by atoms with Crippen molar-refractivity contribution in [3.8, 4) is 22.6 Å². The SMILES string of the molecule is CC(NC(=O)CSc1nc(-c2ccccc2)c(-c2ccccc2)o1)C1CC1. The first kappa shape index (κ1) is 17.9. The van der Waals surface area contributed by atoms with Crippen molar-refractivity contribution in [2.75, 3.05) is 5.75 Å². The van der Waals surface area contributed by atoms with Crippen LogP contribution in [0, 0.1) is 5.92 Å². The molecule has 1 aliphatic rings. The van der Waals surface area contributed by atoms with E-state index in [0.29, 0.717) is 16.9 Å². The molecule has 138 valence electrons. The summed E-state index contributed by atoms with van der Waals surface area (Å²) in [5.41, 5.74) is 2.78. The molecule has 0 bridgehead atoms. The van der Waals surface area contributed by atoms with Gasteiger partial charge < -0.3 is 9.73 Å². The fourth-order valence-electron chi connectivity index (χ4n) is 3.08. The summed E-state index contributed by atoms with van der Waals surface area (Å²) in [5.74, 6) is 1.71. The highest BCUT2D eigenvalue weighted by Crippen LogP contribution is 2.35. The van der Waals surface area contributed by atoms with E-state index >= 15 is 0 Å². The third kappa shape index (κ3) is 4.42. The first-order valence-electron chi connectivity index (χ1n) is 9.24. The summed E-state index contributed by atoms with van der Waals surface area (Å²) in [6, 6.07) is 20.2. The topological polar surface area (TPSA) is 55.1 Å². The van der Waals surface area contributed by atoms with Crippen molar-refractivity contribution in [1.29, 1.82) is 0 Å². The van der Waals surface area contributed by atoms with Crippen LogP contribution in [0.25, 0.3) is 22.6 Å². The molecule has 27 heavy (non-hydrogen) atoms. The fourth-order valence-corrected chi connectivity index (χ4v) is 3.71. The normalized spacial score (nSPS) is 14.7. The smallest absolute Gasteiger partial charge is 0.257 e. The van der Waals surface area contributed by atoms with Crippen molar-refractivity contribution in [2.24, 2.45) is 5.92 Å². The Morgan fingerprint density at radius 1 is 1.11 bits per heavy atom. The summed E-state index contributed by atoms with van der Waals surface area (Å²) < 4.78 is 6.04. The number of carbonyl (C=O) groups excluding carboxylic acids is 1. The molecular formula is C22H22N2O2S. The van der Waals surface area contributed by atoms with Gasteiger partial charge in [0.1, 0.15) is 5.69 Å². The molecule has 4 rings (SSSR count). The number of nitrogens with one attached hydrogen (secondary N) is 1. The van der Waals surface area contributed by atoms with Crippen LogP contribution >= 0.6 is 11.8 Å². The van der Waals surface area contributed by atoms with Crippen LogP contribution in [0.1, 0.15) is 19.8 Å². The number of aromatic nitrogens is 1. The molecule has 1 aliphatic carbocycles. The Morgan fingerprint density at radius 2 is 1.74 bits per heavy atom. The second-order valence-corrected chi connectivity index (χ2v) is 7.80. The first-order chi connectivity index (χ1) is 13.2. The van der Waals surface area contributed by atoms with Crippen LogP contribution in [-0.4, -0.2) is 22.7 Å². The lowest BCUT2D eigenvalue weighted by Crippen LogP contribution is -2.35. The summed E-state index contributed by atoms with van der Waals surface area (Å²) in [5, 5.41) is 3.58. The van der Waals surface area contributed by atoms with Crippen LogP contribution in [0.3, 0.4) is 0 Å². The molecule has 0 spiro atoms. The first-order valence-corrected chi connectivity index (χ1v) is 10.2. The number of thioether (sulfide) groups is 1. The van der Waals surface area contributed by atoms with Crippen LogP contribution in [0.15, 0.2) is 70.3 Å². The Labute approximate surface area is 163 Å². The second-order valence-electron chi connectivity index (χ2n) is 6.87. The number of benzene rings is 2. The van der Waals surface area contributed by atoms with Crippen molar-refractivity contribution in [2.45, 2.75) is 31.0 Å². The van der Waals surface area contributed by atoms with E-state index in [1.54, 1.807) is 0 Å². The molecule has 3 aromatic rings. The Balaban J connectivity index is 1.53. The van der Waals surface area contributed by atoms with Crippen LogP contribution in [0.4, 0.5) is 0 Å². The minimum atomic E-state index is 0.0279. The average Bonchev–Trinajstić information content (AvgIpc) is 3.47. The largest absolute Gasteiger partial charge is 0.431 e. The molecule has 2 aromatic carbocycles. The van der Waals surface area contributed by atoms with E-state index in [4.69, 9.17) is 4.42 Å². The molecule has 1 saturated carbocycles. The summed E-state index contributed by atoms with van der Waals surface area (Å²) >= 11 is 1.34. The van der Waals surface area contributed by atoms with Gasteiger partial charge in [-0.3, -0.25) is 4.79 Å². The molecule has 1 atom stereocenters. The molecule has 0 saturated heterocycles. The zero-order valence-corrected chi connectivity index (χ0v) is 16.0. The van der Waals surface area contributed by atoms with E-state index in [9.17, 15) is 4.79 Å². The maximum Gasteiger partial charge on any atom is 0.257 e. The molecule has 1 heterocycles. The molecule has 5 heteroatoms. The van der Waals surface area contributed by atoms with Gasteiger partial charge in [-0.25, -0.2) is 4.98 Å². The molecular weight excluding hydrogens is 356 g/mol. The highest BCUT2D eigenvalue weighted by Gasteiger charge is 2.29. The third-order valence-corrected chi connectivity index (χ3v) is 5.56. The van der Waals surface area contributed by atoms with Gasteiger partial charge in [-0.1, -0.05) is 72.4 Å². The Hall–Kier alpha value is -2.53. The van der Waals surface area contributed by atoms with Gasteiger partial charge in [-0.2, -0.15) is 0 Å². The van der Waals surface area contributed by atoms with Crippen LogP contribution < -0.4 is 5.32 Å². The summed E-state index contributed by atoms with van der Waals surface area (Å²) in [4.78, 5) is 16.9. The van der Waals surface area contributed by atoms with Crippen LogP contribution in [0.5, 0.6) is 0 Å². The molecule has 1 N–H and O–H groups in total. The highest BCUT2D eigenvalue weighted by atomic mass is 32.2. The number of amides is 1. The minimum absolute atomic E-state index is 0.0279. The summed E-state index contributed by atoms with van der Waals surface area (Å²) in [6.07, 6.45) is 2.43. The van der Waals surface area contributed by atoms with Gasteiger partial charge in [0.15, 0.2) is 5.76 Å². The molecule has 1 fully saturated rings. The Kier molecular flexibility index (Phi) is 5.30. The van der Waals surface area contributed by atoms with E-state index in [1.807, 2.05) is 60.7 Å². The van der Waals surface area contributed by atoms with Crippen LogP contribution in [0.2, 0.25) is 0 Å². The quantitative estimate of drug-likeness (QED) is 0.587. The maximum absolute atomic E-state index is 12.2. The molecule has 0 radical (unpaired) electrons. The molecule has 0 aliphatic heterocycles. The van der Waals surface area contributed by atoms with Gasteiger partial charge in [0.2, 0.25) is 5.91 Å². The van der Waals surface area contributed by atoms with Crippen molar-refractivity contribution >= 4 is 17.7 Å². The highest BCUT2D eigenvalue weighted by molar-refractivity contribution is 7.99. The van der Waals surface area contributed by atoms with E-state index in [-0.39, 0.29) is 11.9 Å². The van der Waals surface area contributed by atoms with Gasteiger partial charge >= 0.3 is 0 Å². The molecule has 1 aromatic heterocycles. The number of hydrogen-bond acceptors (Lipinski definition) is 4. The summed E-state index contributed by atoms with van der Waals surface area (Å²) in [6.45, 7) is 2.08. The molecule has 1 unspecified atom stereocenters. The second kappa shape index (κ2) is 8.01. The molecule has 4 nitrogen and oxygen atoms in total. The van der Waals surface area contributed by atoms with Crippen molar-refractivity contribution in [3.05, 3.63) is 60.7 Å². The number of carbonyl (C=O) groups is 1. The predicted octanol–water partition coefficient (Wildman–Crippen LogP) is 5.02. The summed E-state index contributed by atoms with van der Waals surface area (Å²) in [7, 11) is 0. The minimum Gasteiger partial charge on any atom is -0.431 e. The number of rotatable bonds is 7. The van der Waals surface area contributed by atoms with Gasteiger partial charge in [-0.05, 0) is 25.7 Å². The monoisotopic (exact) mass is 378 g/mol. The van der Waals surface area contributed by atoms with E-state index in [1.165, 1.54) is 24.6 Å². The van der Waals surface area contributed by atoms with Gasteiger partial charge in [0.05, 0.1) is 5.75 Å². The molecule has 1 amide bonds. The number of nitrogens with zero attached hydrogens (tertiary/aromatic N) is 1. The zero-order chi connectivity index (χ0) is 18.6. The lowest BCUT2D eigenvalue weighted by molar-refractivity contribution is -0.119. The average molecular weight is 378 g/mol. The maximum atomic E-state index is 12.2. The predicted molar refractivity (Wildman–Crippen MR) is 108 cm³/mol. The van der Waals surface area contributed by atoms with E-state index in [0.717, 1.165) is 22.6 Å². The van der Waals surface area contributed by atoms with Crippen LogP contribution in [-0.2, 0) is 4.79 Å².